The Morgan fingerprint density at radius 3 is 2.72 bits per heavy atom. The zero-order valence-electron chi connectivity index (χ0n) is 10.8. The van der Waals surface area contributed by atoms with Crippen molar-refractivity contribution in [3.05, 3.63) is 27.8 Å². The van der Waals surface area contributed by atoms with Gasteiger partial charge in [0.25, 0.3) is 0 Å². The highest BCUT2D eigenvalue weighted by Gasteiger charge is 2.14. The zero-order chi connectivity index (χ0) is 13.3. The summed E-state index contributed by atoms with van der Waals surface area (Å²) in [5.74, 6) is 0. The fourth-order valence-corrected chi connectivity index (χ4v) is 2.49. The highest BCUT2D eigenvalue weighted by Crippen LogP contribution is 2.22. The highest BCUT2D eigenvalue weighted by molar-refractivity contribution is 9.10. The number of aryl methyl sites for hydroxylation is 2. The molecule has 2 rings (SSSR count). The second-order valence-corrected chi connectivity index (χ2v) is 5.11. The molecule has 0 spiro atoms. The van der Waals surface area contributed by atoms with Crippen molar-refractivity contribution in [1.29, 1.82) is 0 Å². The number of hydrogen-bond acceptors (Lipinski definition) is 4. The van der Waals surface area contributed by atoms with Crippen LogP contribution in [0.5, 0.6) is 0 Å². The molecule has 0 radical (unpaired) electrons. The van der Waals surface area contributed by atoms with Gasteiger partial charge in [0, 0.05) is 13.1 Å². The summed E-state index contributed by atoms with van der Waals surface area (Å²) < 4.78 is 4.70. The summed E-state index contributed by atoms with van der Waals surface area (Å²) in [6.45, 7) is 4.61. The molecule has 1 unspecified atom stereocenters. The topological polar surface area (TPSA) is 74.5 Å². The van der Waals surface area contributed by atoms with Crippen molar-refractivity contribution in [1.82, 2.24) is 24.8 Å². The van der Waals surface area contributed by atoms with Crippen LogP contribution in [-0.2, 0) is 20.0 Å². The van der Waals surface area contributed by atoms with Crippen molar-refractivity contribution in [3.8, 4) is 0 Å². The van der Waals surface area contributed by atoms with E-state index < -0.39 is 0 Å². The maximum absolute atomic E-state index is 5.76. The van der Waals surface area contributed by atoms with E-state index >= 15 is 0 Å². The van der Waals surface area contributed by atoms with Gasteiger partial charge in [-0.25, -0.2) is 4.68 Å². The van der Waals surface area contributed by atoms with Gasteiger partial charge in [0.05, 0.1) is 34.3 Å². The molecule has 7 heteroatoms. The summed E-state index contributed by atoms with van der Waals surface area (Å²) in [6, 6.07) is -0.0973. The first-order valence-electron chi connectivity index (χ1n) is 5.88. The van der Waals surface area contributed by atoms with Crippen molar-refractivity contribution in [2.45, 2.75) is 32.9 Å². The van der Waals surface area contributed by atoms with E-state index in [2.05, 4.69) is 38.3 Å². The van der Waals surface area contributed by atoms with E-state index in [1.54, 1.807) is 4.68 Å². The van der Waals surface area contributed by atoms with Gasteiger partial charge in [-0.15, -0.1) is 5.10 Å². The molecule has 0 aliphatic rings. The third kappa shape index (κ3) is 2.46. The molecule has 1 atom stereocenters. The standard InChI is InChI=1S/C11H17BrN6/c1-4-8-11(12)10(17(3)15-8)6-18-5-9(7(2)13)14-16-18/h5,7H,4,6,13H2,1-3H3. The maximum Gasteiger partial charge on any atom is 0.0991 e. The summed E-state index contributed by atoms with van der Waals surface area (Å²) in [5.41, 5.74) is 8.69. The van der Waals surface area contributed by atoms with Crippen molar-refractivity contribution >= 4 is 15.9 Å². The third-order valence-electron chi connectivity index (χ3n) is 2.84. The Labute approximate surface area is 114 Å². The Bertz CT molecular complexity index is 542. The largest absolute Gasteiger partial charge is 0.323 e. The first kappa shape index (κ1) is 13.2. The van der Waals surface area contributed by atoms with Crippen LogP contribution in [0, 0.1) is 0 Å². The SMILES string of the molecule is CCc1nn(C)c(Cn2cc(C(C)N)nn2)c1Br. The summed E-state index contributed by atoms with van der Waals surface area (Å²) in [6.07, 6.45) is 2.77. The van der Waals surface area contributed by atoms with E-state index in [1.165, 1.54) is 0 Å². The molecule has 0 aliphatic heterocycles. The molecule has 2 aromatic heterocycles. The van der Waals surface area contributed by atoms with Gasteiger partial charge in [-0.05, 0) is 29.3 Å². The van der Waals surface area contributed by atoms with Gasteiger partial charge in [0.1, 0.15) is 0 Å². The molecule has 0 saturated heterocycles. The summed E-state index contributed by atoms with van der Waals surface area (Å²) in [5, 5.41) is 12.6. The normalized spacial score (nSPS) is 12.9. The van der Waals surface area contributed by atoms with Gasteiger partial charge >= 0.3 is 0 Å². The van der Waals surface area contributed by atoms with Crippen molar-refractivity contribution < 1.29 is 0 Å². The summed E-state index contributed by atoms with van der Waals surface area (Å²) >= 11 is 3.59. The fourth-order valence-electron chi connectivity index (χ4n) is 1.74. The second-order valence-electron chi connectivity index (χ2n) is 4.31. The predicted octanol–water partition coefficient (Wildman–Crippen LogP) is 1.40. The third-order valence-corrected chi connectivity index (χ3v) is 3.75. The van der Waals surface area contributed by atoms with E-state index in [0.717, 1.165) is 28.0 Å². The molecule has 0 fully saturated rings. The van der Waals surface area contributed by atoms with Crippen LogP contribution in [0.15, 0.2) is 10.7 Å². The lowest BCUT2D eigenvalue weighted by atomic mass is 10.3. The van der Waals surface area contributed by atoms with Gasteiger partial charge in [-0.2, -0.15) is 5.10 Å². The molecule has 2 N–H and O–H groups in total. The first-order chi connectivity index (χ1) is 8.52. The summed E-state index contributed by atoms with van der Waals surface area (Å²) in [4.78, 5) is 0. The van der Waals surface area contributed by atoms with Crippen LogP contribution >= 0.6 is 15.9 Å². The average molecular weight is 313 g/mol. The first-order valence-corrected chi connectivity index (χ1v) is 6.68. The van der Waals surface area contributed by atoms with Crippen molar-refractivity contribution in [2.75, 3.05) is 0 Å². The van der Waals surface area contributed by atoms with Gasteiger partial charge in [0.15, 0.2) is 0 Å². The van der Waals surface area contributed by atoms with Crippen LogP contribution in [0.4, 0.5) is 0 Å². The number of hydrogen-bond donors (Lipinski definition) is 1. The molecule has 2 heterocycles. The Hall–Kier alpha value is -1.21. The maximum atomic E-state index is 5.76. The minimum atomic E-state index is -0.0973. The van der Waals surface area contributed by atoms with Gasteiger partial charge < -0.3 is 5.73 Å². The molecule has 0 aromatic carbocycles. The van der Waals surface area contributed by atoms with Gasteiger partial charge in [-0.3, -0.25) is 4.68 Å². The predicted molar refractivity (Wildman–Crippen MR) is 72.0 cm³/mol. The Balaban J connectivity index is 2.25. The number of halogens is 1. The fraction of sp³-hybridized carbons (Fsp3) is 0.545. The van der Waals surface area contributed by atoms with Crippen LogP contribution in [0.25, 0.3) is 0 Å². The van der Waals surface area contributed by atoms with Crippen molar-refractivity contribution in [3.63, 3.8) is 0 Å². The monoisotopic (exact) mass is 312 g/mol. The van der Waals surface area contributed by atoms with Crippen LogP contribution in [0.3, 0.4) is 0 Å². The molecule has 2 aromatic rings. The summed E-state index contributed by atoms with van der Waals surface area (Å²) in [7, 11) is 1.93. The lowest BCUT2D eigenvalue weighted by Gasteiger charge is -2.02. The van der Waals surface area contributed by atoms with Crippen LogP contribution < -0.4 is 5.73 Å². The van der Waals surface area contributed by atoms with Crippen LogP contribution in [0.2, 0.25) is 0 Å². The lowest BCUT2D eigenvalue weighted by molar-refractivity contribution is 0.597. The molecule has 0 saturated carbocycles. The zero-order valence-corrected chi connectivity index (χ0v) is 12.3. The minimum absolute atomic E-state index is 0.0973. The molecule has 18 heavy (non-hydrogen) atoms. The number of aromatic nitrogens is 5. The molecular formula is C11H17BrN6. The van der Waals surface area contributed by atoms with E-state index in [-0.39, 0.29) is 6.04 Å². The second kappa shape index (κ2) is 5.19. The molecule has 0 amide bonds. The molecule has 6 nitrogen and oxygen atoms in total. The lowest BCUT2D eigenvalue weighted by Crippen LogP contribution is -2.07. The minimum Gasteiger partial charge on any atom is -0.323 e. The van der Waals surface area contributed by atoms with E-state index in [4.69, 9.17) is 5.73 Å². The molecular weight excluding hydrogens is 296 g/mol. The Morgan fingerprint density at radius 2 is 2.22 bits per heavy atom. The molecule has 0 aliphatic carbocycles. The van der Waals surface area contributed by atoms with Crippen LogP contribution in [-0.4, -0.2) is 24.8 Å². The quantitative estimate of drug-likeness (QED) is 0.926. The van der Waals surface area contributed by atoms with Crippen LogP contribution in [0.1, 0.15) is 37.0 Å². The highest BCUT2D eigenvalue weighted by atomic mass is 79.9. The van der Waals surface area contributed by atoms with Gasteiger partial charge in [0.2, 0.25) is 0 Å². The number of nitrogens with two attached hydrogens (primary N) is 1. The van der Waals surface area contributed by atoms with Gasteiger partial charge in [-0.1, -0.05) is 12.1 Å². The smallest absolute Gasteiger partial charge is 0.0991 e. The Morgan fingerprint density at radius 1 is 1.50 bits per heavy atom. The van der Waals surface area contributed by atoms with Crippen molar-refractivity contribution in [2.24, 2.45) is 12.8 Å². The number of nitrogens with zero attached hydrogens (tertiary/aromatic N) is 5. The van der Waals surface area contributed by atoms with E-state index in [9.17, 15) is 0 Å². The number of rotatable bonds is 4. The van der Waals surface area contributed by atoms with E-state index in [0.29, 0.717) is 6.54 Å². The van der Waals surface area contributed by atoms with E-state index in [1.807, 2.05) is 24.9 Å². The average Bonchev–Trinajstić information content (AvgIpc) is 2.89. The molecule has 98 valence electrons. The Kier molecular flexibility index (Phi) is 3.82. The molecule has 0 bridgehead atoms.